The minimum absolute atomic E-state index is 0.171. The van der Waals surface area contributed by atoms with Crippen molar-refractivity contribution in [1.82, 2.24) is 5.32 Å². The Morgan fingerprint density at radius 1 is 1.05 bits per heavy atom. The molecule has 2 aromatic carbocycles. The van der Waals surface area contributed by atoms with E-state index in [1.54, 1.807) is 0 Å². The summed E-state index contributed by atoms with van der Waals surface area (Å²) < 4.78 is 22.2. The zero-order valence-electron chi connectivity index (χ0n) is 12.5. The monoisotopic (exact) mass is 303 g/mol. The Balaban J connectivity index is 2.03. The summed E-state index contributed by atoms with van der Waals surface area (Å²) in [6.07, 6.45) is 1.26. The normalized spacial score (nSPS) is 11.5. The van der Waals surface area contributed by atoms with Crippen LogP contribution in [0.15, 0.2) is 48.5 Å². The number of nitrogens with one attached hydrogen (secondary N) is 1. The Morgan fingerprint density at radius 2 is 1.81 bits per heavy atom. The van der Waals surface area contributed by atoms with E-state index in [0.29, 0.717) is 13.1 Å². The lowest BCUT2D eigenvalue weighted by Crippen LogP contribution is -2.21. The minimum Gasteiger partial charge on any atom is -0.312 e. The maximum atomic E-state index is 11.1. The van der Waals surface area contributed by atoms with E-state index in [2.05, 4.69) is 42.6 Å². The molecule has 0 fully saturated rings. The third-order valence-electron chi connectivity index (χ3n) is 3.36. The number of aryl methyl sites for hydroxylation is 1. The summed E-state index contributed by atoms with van der Waals surface area (Å²) in [5.41, 5.74) is 4.83. The predicted octanol–water partition coefficient (Wildman–Crippen LogP) is 2.80. The Morgan fingerprint density at radius 3 is 2.52 bits per heavy atom. The van der Waals surface area contributed by atoms with Gasteiger partial charge in [-0.1, -0.05) is 42.5 Å². The molecular weight excluding hydrogens is 282 g/mol. The average Bonchev–Trinajstić information content (AvgIpc) is 2.43. The third kappa shape index (κ3) is 4.99. The smallest absolute Gasteiger partial charge is 0.148 e. The highest BCUT2D eigenvalue weighted by atomic mass is 32.2. The molecule has 0 bridgehead atoms. The van der Waals surface area contributed by atoms with Crippen molar-refractivity contribution in [2.75, 3.05) is 18.6 Å². The van der Waals surface area contributed by atoms with Crippen LogP contribution in [-0.4, -0.2) is 27.0 Å². The van der Waals surface area contributed by atoms with Crippen LogP contribution >= 0.6 is 0 Å². The lowest BCUT2D eigenvalue weighted by Gasteiger charge is -2.09. The van der Waals surface area contributed by atoms with Gasteiger partial charge in [-0.2, -0.15) is 0 Å². The number of hydrogen-bond acceptors (Lipinski definition) is 3. The van der Waals surface area contributed by atoms with Crippen molar-refractivity contribution >= 4 is 9.84 Å². The SMILES string of the molecule is Cc1ccccc1-c1cccc(CNCCS(C)(=O)=O)c1. The van der Waals surface area contributed by atoms with Crippen molar-refractivity contribution < 1.29 is 8.42 Å². The molecule has 0 saturated heterocycles. The first-order chi connectivity index (χ1) is 9.96. The summed E-state index contributed by atoms with van der Waals surface area (Å²) in [7, 11) is -2.90. The zero-order valence-corrected chi connectivity index (χ0v) is 13.3. The van der Waals surface area contributed by atoms with Crippen LogP contribution in [0.4, 0.5) is 0 Å². The molecule has 0 radical (unpaired) electrons. The van der Waals surface area contributed by atoms with Gasteiger partial charge < -0.3 is 5.32 Å². The summed E-state index contributed by atoms with van der Waals surface area (Å²) in [6, 6.07) is 16.6. The van der Waals surface area contributed by atoms with Gasteiger partial charge in [-0.25, -0.2) is 8.42 Å². The lowest BCUT2D eigenvalue weighted by atomic mass is 9.99. The Hall–Kier alpha value is -1.65. The zero-order chi connectivity index (χ0) is 15.3. The summed E-state index contributed by atoms with van der Waals surface area (Å²) >= 11 is 0. The van der Waals surface area contributed by atoms with Gasteiger partial charge in [-0.3, -0.25) is 0 Å². The minimum atomic E-state index is -2.90. The van der Waals surface area contributed by atoms with E-state index in [0.717, 1.165) is 5.56 Å². The molecule has 0 aliphatic carbocycles. The quantitative estimate of drug-likeness (QED) is 0.835. The number of sulfone groups is 1. The predicted molar refractivity (Wildman–Crippen MR) is 88.0 cm³/mol. The van der Waals surface area contributed by atoms with Crippen LogP contribution in [0.5, 0.6) is 0 Å². The topological polar surface area (TPSA) is 46.2 Å². The fourth-order valence-corrected chi connectivity index (χ4v) is 2.75. The van der Waals surface area contributed by atoms with E-state index in [4.69, 9.17) is 0 Å². The van der Waals surface area contributed by atoms with Gasteiger partial charge in [-0.05, 0) is 35.2 Å². The van der Waals surface area contributed by atoms with Gasteiger partial charge >= 0.3 is 0 Å². The summed E-state index contributed by atoms with van der Waals surface area (Å²) in [6.45, 7) is 3.26. The van der Waals surface area contributed by atoms with Crippen molar-refractivity contribution in [2.45, 2.75) is 13.5 Å². The van der Waals surface area contributed by atoms with E-state index in [-0.39, 0.29) is 5.75 Å². The van der Waals surface area contributed by atoms with Gasteiger partial charge in [0.15, 0.2) is 0 Å². The van der Waals surface area contributed by atoms with Crippen LogP contribution in [0.3, 0.4) is 0 Å². The molecule has 1 N–H and O–H groups in total. The van der Waals surface area contributed by atoms with Crippen molar-refractivity contribution in [3.8, 4) is 11.1 Å². The van der Waals surface area contributed by atoms with E-state index in [9.17, 15) is 8.42 Å². The molecule has 0 spiro atoms. The molecule has 0 atom stereocenters. The summed E-state index contributed by atoms with van der Waals surface area (Å²) in [5.74, 6) is 0.171. The van der Waals surface area contributed by atoms with Gasteiger partial charge in [0.25, 0.3) is 0 Å². The maximum Gasteiger partial charge on any atom is 0.148 e. The summed E-state index contributed by atoms with van der Waals surface area (Å²) in [5, 5.41) is 3.17. The molecule has 0 aliphatic rings. The van der Waals surface area contributed by atoms with Crippen molar-refractivity contribution in [1.29, 1.82) is 0 Å². The van der Waals surface area contributed by atoms with E-state index < -0.39 is 9.84 Å². The van der Waals surface area contributed by atoms with Crippen LogP contribution in [0.25, 0.3) is 11.1 Å². The first-order valence-electron chi connectivity index (χ1n) is 6.99. The third-order valence-corrected chi connectivity index (χ3v) is 4.31. The standard InChI is InChI=1S/C17H21NO2S/c1-14-6-3-4-9-17(14)16-8-5-7-15(12-16)13-18-10-11-21(2,19)20/h3-9,12,18H,10-11,13H2,1-2H3. The van der Waals surface area contributed by atoms with Crippen LogP contribution in [0, 0.1) is 6.92 Å². The first-order valence-corrected chi connectivity index (χ1v) is 9.05. The lowest BCUT2D eigenvalue weighted by molar-refractivity contribution is 0.596. The number of rotatable bonds is 6. The Kier molecular flexibility index (Phi) is 5.15. The average molecular weight is 303 g/mol. The highest BCUT2D eigenvalue weighted by Gasteiger charge is 2.03. The highest BCUT2D eigenvalue weighted by molar-refractivity contribution is 7.90. The van der Waals surface area contributed by atoms with Crippen molar-refractivity contribution in [2.24, 2.45) is 0 Å². The van der Waals surface area contributed by atoms with Gasteiger partial charge in [0.1, 0.15) is 9.84 Å². The van der Waals surface area contributed by atoms with Gasteiger partial charge in [0.2, 0.25) is 0 Å². The van der Waals surface area contributed by atoms with E-state index >= 15 is 0 Å². The second-order valence-electron chi connectivity index (χ2n) is 5.32. The van der Waals surface area contributed by atoms with Crippen LogP contribution in [-0.2, 0) is 16.4 Å². The molecule has 112 valence electrons. The second kappa shape index (κ2) is 6.87. The molecule has 0 amide bonds. The van der Waals surface area contributed by atoms with Gasteiger partial charge in [0.05, 0.1) is 5.75 Å². The fourth-order valence-electron chi connectivity index (χ4n) is 2.24. The highest BCUT2D eigenvalue weighted by Crippen LogP contribution is 2.23. The fraction of sp³-hybridized carbons (Fsp3) is 0.294. The van der Waals surface area contributed by atoms with Crippen molar-refractivity contribution in [3.05, 3.63) is 59.7 Å². The second-order valence-corrected chi connectivity index (χ2v) is 7.58. The Labute approximate surface area is 126 Å². The van der Waals surface area contributed by atoms with Crippen LogP contribution < -0.4 is 5.32 Å². The molecule has 4 heteroatoms. The molecule has 3 nitrogen and oxygen atoms in total. The first kappa shape index (κ1) is 15.7. The van der Waals surface area contributed by atoms with Crippen LogP contribution in [0.2, 0.25) is 0 Å². The van der Waals surface area contributed by atoms with Gasteiger partial charge in [0, 0.05) is 19.3 Å². The molecule has 2 aromatic rings. The molecule has 0 aliphatic heterocycles. The maximum absolute atomic E-state index is 11.1. The molecule has 0 aromatic heterocycles. The molecule has 0 saturated carbocycles. The van der Waals surface area contributed by atoms with E-state index in [1.807, 2.05) is 18.2 Å². The molecule has 0 unspecified atom stereocenters. The molecule has 21 heavy (non-hydrogen) atoms. The molecule has 2 rings (SSSR count). The summed E-state index contributed by atoms with van der Waals surface area (Å²) in [4.78, 5) is 0. The number of benzene rings is 2. The Bertz CT molecular complexity index is 708. The number of hydrogen-bond donors (Lipinski definition) is 1. The molecule has 0 heterocycles. The largest absolute Gasteiger partial charge is 0.312 e. The van der Waals surface area contributed by atoms with Gasteiger partial charge in [-0.15, -0.1) is 0 Å². The van der Waals surface area contributed by atoms with Crippen LogP contribution in [0.1, 0.15) is 11.1 Å². The van der Waals surface area contributed by atoms with E-state index in [1.165, 1.54) is 22.9 Å². The molecular formula is C17H21NO2S. The van der Waals surface area contributed by atoms with Crippen molar-refractivity contribution in [3.63, 3.8) is 0 Å².